The molecule has 5 fully saturated rings. The molecule has 0 spiro atoms. The summed E-state index contributed by atoms with van der Waals surface area (Å²) in [6, 6.07) is 17.1. The van der Waals surface area contributed by atoms with E-state index in [1.54, 1.807) is 7.11 Å². The van der Waals surface area contributed by atoms with Gasteiger partial charge in [-0.3, -0.25) is 14.4 Å². The van der Waals surface area contributed by atoms with Crippen molar-refractivity contribution in [3.8, 4) is 5.75 Å². The highest BCUT2D eigenvalue weighted by molar-refractivity contribution is 5.91. The number of ether oxygens (including phenoxy) is 1. The predicted molar refractivity (Wildman–Crippen MR) is 157 cm³/mol. The first-order valence-electron chi connectivity index (χ1n) is 15.4. The average molecular weight is 558 g/mol. The Morgan fingerprint density at radius 2 is 1.54 bits per heavy atom. The van der Waals surface area contributed by atoms with E-state index in [0.717, 1.165) is 36.1 Å². The number of methoxy groups -OCH3 is 1. The summed E-state index contributed by atoms with van der Waals surface area (Å²) in [5.41, 5.74) is 1.74. The third-order valence-electron chi connectivity index (χ3n) is 10.2. The SMILES string of the molecule is COc1cccc(CNC(=O)C2CCN(C(=O)[C@@H](Cc3ccccc3)NC(=O)C34CC5CC(CC(C5)C3)C4)CC2)c1. The molecular formula is C34H43N3O4. The van der Waals surface area contributed by atoms with Gasteiger partial charge in [0.25, 0.3) is 0 Å². The zero-order chi connectivity index (χ0) is 28.4. The van der Waals surface area contributed by atoms with Crippen molar-refractivity contribution < 1.29 is 19.1 Å². The number of nitrogens with zero attached hydrogens (tertiary/aromatic N) is 1. The molecule has 7 heteroatoms. The second-order valence-electron chi connectivity index (χ2n) is 13.1. The molecule has 1 heterocycles. The number of amides is 3. The number of likely N-dealkylation sites (tertiary alicyclic amines) is 1. The minimum Gasteiger partial charge on any atom is -0.497 e. The van der Waals surface area contributed by atoms with E-state index in [2.05, 4.69) is 10.6 Å². The van der Waals surface area contributed by atoms with Crippen LogP contribution in [0.2, 0.25) is 0 Å². The van der Waals surface area contributed by atoms with Crippen LogP contribution in [0.3, 0.4) is 0 Å². The highest BCUT2D eigenvalue weighted by atomic mass is 16.5. The molecule has 4 bridgehead atoms. The fourth-order valence-corrected chi connectivity index (χ4v) is 8.45. The molecule has 3 amide bonds. The van der Waals surface area contributed by atoms with Gasteiger partial charge in [-0.2, -0.15) is 0 Å². The second-order valence-corrected chi connectivity index (χ2v) is 13.1. The van der Waals surface area contributed by atoms with Gasteiger partial charge in [-0.1, -0.05) is 42.5 Å². The number of hydrogen-bond acceptors (Lipinski definition) is 4. The van der Waals surface area contributed by atoms with Gasteiger partial charge < -0.3 is 20.3 Å². The Morgan fingerprint density at radius 1 is 0.902 bits per heavy atom. The lowest BCUT2D eigenvalue weighted by Crippen LogP contribution is -2.58. The normalized spacial score (nSPS) is 27.7. The fourth-order valence-electron chi connectivity index (χ4n) is 8.45. The van der Waals surface area contributed by atoms with Crippen LogP contribution in [-0.4, -0.2) is 48.9 Å². The summed E-state index contributed by atoms with van der Waals surface area (Å²) in [6.45, 7) is 1.49. The standard InChI is InChI=1S/C34H43N3O4/c1-41-29-9-5-8-24(17-29)22-35-31(38)28-10-12-37(13-11-28)32(39)30(18-23-6-3-2-4-7-23)36-33(40)34-19-25-14-26(20-34)16-27(15-25)21-34/h2-9,17,25-28,30H,10-16,18-22H2,1H3,(H,35,38)(H,36,40)/t25?,26?,27?,30-,34?/m1/s1. The molecule has 2 N–H and O–H groups in total. The molecule has 41 heavy (non-hydrogen) atoms. The van der Waals surface area contributed by atoms with E-state index in [9.17, 15) is 14.4 Å². The number of rotatable bonds is 9. The fraction of sp³-hybridized carbons (Fsp3) is 0.559. The number of piperidine rings is 1. The van der Waals surface area contributed by atoms with E-state index >= 15 is 0 Å². The van der Waals surface area contributed by atoms with Crippen molar-refractivity contribution in [1.82, 2.24) is 15.5 Å². The molecule has 0 aromatic heterocycles. The molecule has 4 saturated carbocycles. The maximum absolute atomic E-state index is 13.9. The van der Waals surface area contributed by atoms with Crippen LogP contribution in [0.5, 0.6) is 5.75 Å². The van der Waals surface area contributed by atoms with Gasteiger partial charge in [0.2, 0.25) is 17.7 Å². The minimum absolute atomic E-state index is 0.0240. The van der Waals surface area contributed by atoms with Crippen LogP contribution >= 0.6 is 0 Å². The summed E-state index contributed by atoms with van der Waals surface area (Å²) in [5.74, 6) is 2.75. The van der Waals surface area contributed by atoms with Gasteiger partial charge in [0.1, 0.15) is 11.8 Å². The molecule has 1 atom stereocenters. The highest BCUT2D eigenvalue weighted by Crippen LogP contribution is 2.60. The average Bonchev–Trinajstić information content (AvgIpc) is 2.99. The van der Waals surface area contributed by atoms with Crippen LogP contribution < -0.4 is 15.4 Å². The molecule has 7 nitrogen and oxygen atoms in total. The molecule has 5 aliphatic rings. The third kappa shape index (κ3) is 6.14. The van der Waals surface area contributed by atoms with Crippen LogP contribution in [0, 0.1) is 29.1 Å². The van der Waals surface area contributed by atoms with E-state index in [1.807, 2.05) is 59.5 Å². The Bertz CT molecular complexity index is 1220. The van der Waals surface area contributed by atoms with Gasteiger partial charge in [0, 0.05) is 37.4 Å². The van der Waals surface area contributed by atoms with Gasteiger partial charge in [-0.15, -0.1) is 0 Å². The van der Waals surface area contributed by atoms with Gasteiger partial charge in [0.15, 0.2) is 0 Å². The Balaban J connectivity index is 1.08. The second kappa shape index (κ2) is 11.9. The molecule has 2 aromatic rings. The number of nitrogens with one attached hydrogen (secondary N) is 2. The summed E-state index contributed by atoms with van der Waals surface area (Å²) in [4.78, 5) is 42.6. The van der Waals surface area contributed by atoms with Crippen molar-refractivity contribution in [3.63, 3.8) is 0 Å². The molecule has 4 aliphatic carbocycles. The first kappa shape index (κ1) is 27.8. The number of carbonyl (C=O) groups is 3. The van der Waals surface area contributed by atoms with E-state index in [-0.39, 0.29) is 29.1 Å². The summed E-state index contributed by atoms with van der Waals surface area (Å²) >= 11 is 0. The lowest BCUT2D eigenvalue weighted by Gasteiger charge is -2.55. The predicted octanol–water partition coefficient (Wildman–Crippen LogP) is 4.49. The molecular weight excluding hydrogens is 514 g/mol. The Labute approximate surface area is 243 Å². The topological polar surface area (TPSA) is 87.7 Å². The van der Waals surface area contributed by atoms with Crippen molar-refractivity contribution in [2.24, 2.45) is 29.1 Å². The Morgan fingerprint density at radius 3 is 2.17 bits per heavy atom. The summed E-state index contributed by atoms with van der Waals surface area (Å²) in [6.07, 6.45) is 8.50. The molecule has 2 aromatic carbocycles. The van der Waals surface area contributed by atoms with Crippen LogP contribution in [-0.2, 0) is 27.3 Å². The van der Waals surface area contributed by atoms with Crippen molar-refractivity contribution in [1.29, 1.82) is 0 Å². The maximum Gasteiger partial charge on any atom is 0.245 e. The van der Waals surface area contributed by atoms with E-state index in [0.29, 0.717) is 56.7 Å². The van der Waals surface area contributed by atoms with E-state index in [4.69, 9.17) is 4.74 Å². The van der Waals surface area contributed by atoms with Crippen molar-refractivity contribution in [2.75, 3.05) is 20.2 Å². The summed E-state index contributed by atoms with van der Waals surface area (Å²) < 4.78 is 5.28. The Kier molecular flexibility index (Phi) is 8.05. The van der Waals surface area contributed by atoms with Gasteiger partial charge >= 0.3 is 0 Å². The van der Waals surface area contributed by atoms with Gasteiger partial charge in [-0.25, -0.2) is 0 Å². The van der Waals surface area contributed by atoms with Crippen LogP contribution in [0.15, 0.2) is 54.6 Å². The monoisotopic (exact) mass is 557 g/mol. The number of carbonyl (C=O) groups excluding carboxylic acids is 3. The highest BCUT2D eigenvalue weighted by Gasteiger charge is 2.55. The molecule has 0 unspecified atom stereocenters. The lowest BCUT2D eigenvalue weighted by molar-refractivity contribution is -0.150. The summed E-state index contributed by atoms with van der Waals surface area (Å²) in [5, 5.41) is 6.34. The van der Waals surface area contributed by atoms with E-state index < -0.39 is 6.04 Å². The lowest BCUT2D eigenvalue weighted by atomic mass is 9.49. The molecule has 0 radical (unpaired) electrons. The third-order valence-corrected chi connectivity index (χ3v) is 10.2. The number of hydrogen-bond donors (Lipinski definition) is 2. The quantitative estimate of drug-likeness (QED) is 0.476. The van der Waals surface area contributed by atoms with Gasteiger partial charge in [-0.05, 0) is 92.4 Å². The largest absolute Gasteiger partial charge is 0.497 e. The first-order valence-corrected chi connectivity index (χ1v) is 15.4. The molecule has 1 saturated heterocycles. The maximum atomic E-state index is 13.9. The van der Waals surface area contributed by atoms with Crippen molar-refractivity contribution in [3.05, 3.63) is 65.7 Å². The summed E-state index contributed by atoms with van der Waals surface area (Å²) in [7, 11) is 1.63. The molecule has 218 valence electrons. The van der Waals surface area contributed by atoms with E-state index in [1.165, 1.54) is 19.3 Å². The smallest absolute Gasteiger partial charge is 0.245 e. The Hall–Kier alpha value is -3.35. The zero-order valence-corrected chi connectivity index (χ0v) is 24.1. The minimum atomic E-state index is -0.587. The van der Waals surface area contributed by atoms with Crippen molar-refractivity contribution >= 4 is 17.7 Å². The number of benzene rings is 2. The van der Waals surface area contributed by atoms with Crippen LogP contribution in [0.25, 0.3) is 0 Å². The molecule has 1 aliphatic heterocycles. The molecule has 7 rings (SSSR count). The van der Waals surface area contributed by atoms with Crippen LogP contribution in [0.4, 0.5) is 0 Å². The van der Waals surface area contributed by atoms with Crippen LogP contribution in [0.1, 0.15) is 62.5 Å². The zero-order valence-electron chi connectivity index (χ0n) is 24.1. The van der Waals surface area contributed by atoms with Gasteiger partial charge in [0.05, 0.1) is 7.11 Å². The van der Waals surface area contributed by atoms with Crippen molar-refractivity contribution in [2.45, 2.75) is 70.4 Å². The first-order chi connectivity index (χ1) is 19.9.